The smallest absolute Gasteiger partial charge is 0.417 e. The highest BCUT2D eigenvalue weighted by Crippen LogP contribution is 2.26. The van der Waals surface area contributed by atoms with Gasteiger partial charge in [-0.05, 0) is 40.2 Å². The van der Waals surface area contributed by atoms with Crippen LogP contribution in [0.15, 0.2) is 18.5 Å². The maximum atomic E-state index is 12.8. The third kappa shape index (κ3) is 5.18. The summed E-state index contributed by atoms with van der Waals surface area (Å²) in [4.78, 5) is 22.8. The molecule has 2 aromatic heterocycles. The van der Waals surface area contributed by atoms with Gasteiger partial charge in [0.1, 0.15) is 11.2 Å². The van der Waals surface area contributed by atoms with Crippen molar-refractivity contribution in [3.63, 3.8) is 0 Å². The van der Waals surface area contributed by atoms with E-state index in [0.717, 1.165) is 16.7 Å². The van der Waals surface area contributed by atoms with Crippen molar-refractivity contribution in [2.45, 2.75) is 58.4 Å². The molecule has 1 aliphatic rings. The topological polar surface area (TPSA) is 78.7 Å². The Bertz CT molecular complexity index is 846. The maximum absolute atomic E-state index is 12.8. The molecule has 1 aliphatic heterocycles. The van der Waals surface area contributed by atoms with Crippen molar-refractivity contribution < 1.29 is 27.8 Å². The van der Waals surface area contributed by atoms with Crippen LogP contribution in [0.1, 0.15) is 40.2 Å². The van der Waals surface area contributed by atoms with Crippen molar-refractivity contribution in [1.82, 2.24) is 14.5 Å². The van der Waals surface area contributed by atoms with Crippen molar-refractivity contribution in [2.75, 3.05) is 24.7 Å². The fraction of sp³-hybridized carbons (Fsp3) is 0.632. The molecule has 2 aromatic rings. The predicted molar refractivity (Wildman–Crippen MR) is 102 cm³/mol. The van der Waals surface area contributed by atoms with Crippen molar-refractivity contribution >= 4 is 23.1 Å². The molecule has 1 saturated heterocycles. The first kappa shape index (κ1) is 21.4. The first-order chi connectivity index (χ1) is 13.7. The van der Waals surface area contributed by atoms with Crippen molar-refractivity contribution in [2.24, 2.45) is 0 Å². The van der Waals surface area contributed by atoms with E-state index in [2.05, 4.69) is 14.7 Å². The Morgan fingerprint density at radius 3 is 2.83 bits per heavy atom. The second kappa shape index (κ2) is 8.58. The number of carbonyl (C=O) groups excluding carboxylic acids is 1. The number of rotatable bonds is 6. The molecule has 3 rings (SSSR count). The molecular formula is C19H26F2N4O4. The Labute approximate surface area is 167 Å². The number of carbonyl (C=O) groups is 1. The van der Waals surface area contributed by atoms with E-state index in [0.29, 0.717) is 18.9 Å². The molecule has 0 bridgehead atoms. The lowest BCUT2D eigenvalue weighted by molar-refractivity contribution is -0.131. The number of amides is 1. The highest BCUT2D eigenvalue weighted by molar-refractivity contribution is 5.88. The summed E-state index contributed by atoms with van der Waals surface area (Å²) in [5.41, 5.74) is -0.134. The third-order valence-electron chi connectivity index (χ3n) is 4.45. The molecular weight excluding hydrogens is 386 g/mol. The lowest BCUT2D eigenvalue weighted by Gasteiger charge is -2.30. The summed E-state index contributed by atoms with van der Waals surface area (Å²) < 4.78 is 42.3. The van der Waals surface area contributed by atoms with Crippen LogP contribution in [0.4, 0.5) is 19.5 Å². The molecule has 0 radical (unpaired) electrons. The van der Waals surface area contributed by atoms with Crippen molar-refractivity contribution in [3.8, 4) is 0 Å². The summed E-state index contributed by atoms with van der Waals surface area (Å²) in [5, 5.41) is 0.807. The van der Waals surface area contributed by atoms with Crippen LogP contribution in [-0.2, 0) is 14.2 Å². The van der Waals surface area contributed by atoms with E-state index >= 15 is 0 Å². The lowest BCUT2D eigenvalue weighted by Crippen LogP contribution is -2.45. The van der Waals surface area contributed by atoms with Gasteiger partial charge in [0, 0.05) is 24.4 Å². The monoisotopic (exact) mass is 412 g/mol. The van der Waals surface area contributed by atoms with E-state index < -0.39 is 31.0 Å². The van der Waals surface area contributed by atoms with Gasteiger partial charge in [-0.3, -0.25) is 0 Å². The van der Waals surface area contributed by atoms with Crippen LogP contribution in [0.5, 0.6) is 0 Å². The summed E-state index contributed by atoms with van der Waals surface area (Å²) in [6.45, 7) is 4.66. The van der Waals surface area contributed by atoms with Gasteiger partial charge in [-0.15, -0.1) is 0 Å². The molecule has 8 nitrogen and oxygen atoms in total. The molecule has 0 unspecified atom stereocenters. The molecule has 160 valence electrons. The van der Waals surface area contributed by atoms with Crippen LogP contribution in [0.3, 0.4) is 0 Å². The minimum atomic E-state index is -2.94. The van der Waals surface area contributed by atoms with Crippen molar-refractivity contribution in [1.29, 1.82) is 0 Å². The van der Waals surface area contributed by atoms with Gasteiger partial charge in [0.15, 0.2) is 0 Å². The molecule has 0 spiro atoms. The Morgan fingerprint density at radius 2 is 2.21 bits per heavy atom. The normalized spacial score (nSPS) is 18.4. The Balaban J connectivity index is 1.95. The second-order valence-corrected chi connectivity index (χ2v) is 7.98. The minimum absolute atomic E-state index is 0.0657. The average Bonchev–Trinajstić information content (AvgIpc) is 3.27. The summed E-state index contributed by atoms with van der Waals surface area (Å²) in [6.07, 6.45) is 3.63. The Kier molecular flexibility index (Phi) is 6.33. The summed E-state index contributed by atoms with van der Waals surface area (Å²) in [6, 6.07) is 1.26. The van der Waals surface area contributed by atoms with E-state index in [9.17, 15) is 13.6 Å². The number of alkyl halides is 2. The quantitative estimate of drug-likeness (QED) is 0.719. The first-order valence-corrected chi connectivity index (χ1v) is 9.49. The molecule has 0 aliphatic carbocycles. The molecule has 3 heterocycles. The van der Waals surface area contributed by atoms with E-state index in [4.69, 9.17) is 9.47 Å². The number of aromatic nitrogens is 3. The summed E-state index contributed by atoms with van der Waals surface area (Å²) >= 11 is 0. The van der Waals surface area contributed by atoms with E-state index in [1.54, 1.807) is 33.9 Å². The third-order valence-corrected chi connectivity index (χ3v) is 4.45. The molecule has 29 heavy (non-hydrogen) atoms. The second-order valence-electron chi connectivity index (χ2n) is 7.98. The Hall–Kier alpha value is -2.33. The molecule has 2 atom stereocenters. The number of halogens is 2. The zero-order valence-electron chi connectivity index (χ0n) is 17.0. The van der Waals surface area contributed by atoms with Crippen molar-refractivity contribution in [3.05, 3.63) is 18.5 Å². The van der Waals surface area contributed by atoms with E-state index in [-0.39, 0.29) is 12.0 Å². The zero-order valence-corrected chi connectivity index (χ0v) is 17.0. The van der Waals surface area contributed by atoms with Gasteiger partial charge in [-0.1, -0.05) is 0 Å². The van der Waals surface area contributed by atoms with Crippen LogP contribution in [-0.4, -0.2) is 58.7 Å². The van der Waals surface area contributed by atoms with E-state index in [1.807, 2.05) is 16.8 Å². The number of hydrogen-bond acceptors (Lipinski definition) is 6. The summed E-state index contributed by atoms with van der Waals surface area (Å²) in [5.74, 6) is 0.0657. The van der Waals surface area contributed by atoms with Gasteiger partial charge >= 0.3 is 12.7 Å². The van der Waals surface area contributed by atoms with Crippen LogP contribution in [0.2, 0.25) is 0 Å². The molecule has 0 aromatic carbocycles. The van der Waals surface area contributed by atoms with Crippen LogP contribution in [0.25, 0.3) is 11.0 Å². The molecule has 1 fully saturated rings. The minimum Gasteiger partial charge on any atom is -0.443 e. The fourth-order valence-corrected chi connectivity index (χ4v) is 3.14. The van der Waals surface area contributed by atoms with Gasteiger partial charge in [0.2, 0.25) is 5.95 Å². The summed E-state index contributed by atoms with van der Waals surface area (Å²) in [7, 11) is 0. The molecule has 0 saturated carbocycles. The van der Waals surface area contributed by atoms with Gasteiger partial charge in [-0.2, -0.15) is 13.8 Å². The fourth-order valence-electron chi connectivity index (χ4n) is 3.14. The van der Waals surface area contributed by atoms with Crippen LogP contribution < -0.4 is 4.90 Å². The highest BCUT2D eigenvalue weighted by atomic mass is 19.3. The number of ether oxygens (including phenoxy) is 3. The van der Waals surface area contributed by atoms with Gasteiger partial charge < -0.3 is 18.8 Å². The SMILES string of the molecule is C[C@@H](COC(F)F)N(C(=O)OC(C)(C)C)c1ncc2ccn([C@@H]3CCOC3)c2n1. The molecule has 10 heteroatoms. The lowest BCUT2D eigenvalue weighted by atomic mass is 10.2. The Morgan fingerprint density at radius 1 is 1.45 bits per heavy atom. The first-order valence-electron chi connectivity index (χ1n) is 9.49. The maximum Gasteiger partial charge on any atom is 0.417 e. The average molecular weight is 412 g/mol. The van der Waals surface area contributed by atoms with Crippen LogP contribution >= 0.6 is 0 Å². The van der Waals surface area contributed by atoms with Gasteiger partial charge in [0.25, 0.3) is 0 Å². The molecule has 1 amide bonds. The van der Waals surface area contributed by atoms with Gasteiger partial charge in [-0.25, -0.2) is 14.7 Å². The number of fused-ring (bicyclic) bond motifs is 1. The van der Waals surface area contributed by atoms with Crippen LogP contribution in [0, 0.1) is 0 Å². The largest absolute Gasteiger partial charge is 0.443 e. The standard InChI is InChI=1S/C19H26F2N4O4/c1-12(10-28-16(20)21)25(18(26)29-19(2,3)4)17-22-9-13-5-7-24(15(13)23-17)14-6-8-27-11-14/h5,7,9,12,14,16H,6,8,10-11H2,1-4H3/t12-,14+/m0/s1. The number of nitrogens with zero attached hydrogens (tertiary/aromatic N) is 4. The highest BCUT2D eigenvalue weighted by Gasteiger charge is 2.31. The van der Waals surface area contributed by atoms with Gasteiger partial charge in [0.05, 0.1) is 25.3 Å². The predicted octanol–water partition coefficient (Wildman–Crippen LogP) is 3.76. The van der Waals surface area contributed by atoms with E-state index in [1.165, 1.54) is 0 Å². The zero-order chi connectivity index (χ0) is 21.2. The molecule has 0 N–H and O–H groups in total. The number of anilines is 1. The number of hydrogen-bond donors (Lipinski definition) is 0.